The molecule has 4 aromatic rings. The smallest absolute Gasteiger partial charge is 0.291 e. The summed E-state index contributed by atoms with van der Waals surface area (Å²) in [5.41, 5.74) is 1.54. The topological polar surface area (TPSA) is 56.5 Å². The van der Waals surface area contributed by atoms with Crippen molar-refractivity contribution in [3.63, 3.8) is 0 Å². The van der Waals surface area contributed by atoms with Crippen LogP contribution >= 0.6 is 27.3 Å². The highest BCUT2D eigenvalue weighted by atomic mass is 79.9. The molecule has 2 aromatic heterocycles. The van der Waals surface area contributed by atoms with Crippen molar-refractivity contribution in [2.24, 2.45) is 0 Å². The van der Waals surface area contributed by atoms with E-state index in [1.54, 1.807) is 7.11 Å². The molecule has 0 fully saturated rings. The SMILES string of the molecule is COc1ccccc1C=c1sc2nc(-c3ccc(Br)cc3)nn2c1=O. The molecule has 4 rings (SSSR count). The van der Waals surface area contributed by atoms with Gasteiger partial charge in [-0.25, -0.2) is 0 Å². The zero-order chi connectivity index (χ0) is 17.4. The molecule has 0 N–H and O–H groups in total. The quantitative estimate of drug-likeness (QED) is 0.517. The summed E-state index contributed by atoms with van der Waals surface area (Å²) in [6.45, 7) is 0. The lowest BCUT2D eigenvalue weighted by Gasteiger charge is -2.02. The first-order valence-corrected chi connectivity index (χ1v) is 9.07. The van der Waals surface area contributed by atoms with Gasteiger partial charge in [-0.05, 0) is 24.3 Å². The molecule has 0 unspecified atom stereocenters. The summed E-state index contributed by atoms with van der Waals surface area (Å²) < 4.78 is 8.23. The summed E-state index contributed by atoms with van der Waals surface area (Å²) in [6, 6.07) is 15.2. The van der Waals surface area contributed by atoms with Crippen LogP contribution in [0.25, 0.3) is 22.4 Å². The summed E-state index contributed by atoms with van der Waals surface area (Å²) in [5, 5.41) is 4.35. The molecule has 7 heteroatoms. The average Bonchev–Trinajstić information content (AvgIpc) is 3.16. The Hall–Kier alpha value is -2.51. The number of ether oxygens (including phenoxy) is 1. The third kappa shape index (κ3) is 2.96. The highest BCUT2D eigenvalue weighted by Crippen LogP contribution is 2.20. The van der Waals surface area contributed by atoms with Crippen LogP contribution in [0.4, 0.5) is 0 Å². The summed E-state index contributed by atoms with van der Waals surface area (Å²) in [5.74, 6) is 1.26. The Bertz CT molecular complexity index is 1170. The Morgan fingerprint density at radius 3 is 2.64 bits per heavy atom. The van der Waals surface area contributed by atoms with Gasteiger partial charge in [0, 0.05) is 15.6 Å². The van der Waals surface area contributed by atoms with E-state index in [4.69, 9.17) is 4.74 Å². The van der Waals surface area contributed by atoms with E-state index in [0.717, 1.165) is 21.3 Å². The monoisotopic (exact) mass is 413 g/mol. The van der Waals surface area contributed by atoms with Crippen LogP contribution < -0.4 is 14.8 Å². The van der Waals surface area contributed by atoms with Crippen LogP contribution in [0, 0.1) is 0 Å². The summed E-state index contributed by atoms with van der Waals surface area (Å²) in [4.78, 5) is 17.7. The van der Waals surface area contributed by atoms with Gasteiger partial charge in [-0.3, -0.25) is 4.79 Å². The van der Waals surface area contributed by atoms with E-state index in [-0.39, 0.29) is 5.56 Å². The van der Waals surface area contributed by atoms with Crippen molar-refractivity contribution in [3.8, 4) is 17.1 Å². The minimum absolute atomic E-state index is 0.179. The van der Waals surface area contributed by atoms with Crippen molar-refractivity contribution in [1.29, 1.82) is 0 Å². The number of fused-ring (bicyclic) bond motifs is 1. The van der Waals surface area contributed by atoms with Crippen molar-refractivity contribution in [2.75, 3.05) is 7.11 Å². The minimum Gasteiger partial charge on any atom is -0.496 e. The molecule has 0 aliphatic heterocycles. The van der Waals surface area contributed by atoms with E-state index in [0.29, 0.717) is 15.3 Å². The van der Waals surface area contributed by atoms with Crippen molar-refractivity contribution >= 4 is 38.3 Å². The van der Waals surface area contributed by atoms with E-state index in [9.17, 15) is 4.79 Å². The number of benzene rings is 2. The second-order valence-corrected chi connectivity index (χ2v) is 7.22. The van der Waals surface area contributed by atoms with Gasteiger partial charge in [0.1, 0.15) is 5.75 Å². The minimum atomic E-state index is -0.179. The highest BCUT2D eigenvalue weighted by molar-refractivity contribution is 9.10. The lowest BCUT2D eigenvalue weighted by Crippen LogP contribution is -2.23. The summed E-state index contributed by atoms with van der Waals surface area (Å²) in [7, 11) is 1.61. The molecule has 0 saturated heterocycles. The third-order valence-electron chi connectivity index (χ3n) is 3.71. The fourth-order valence-corrected chi connectivity index (χ4v) is 3.64. The van der Waals surface area contributed by atoms with Crippen LogP contribution in [0.5, 0.6) is 5.75 Å². The second-order valence-electron chi connectivity index (χ2n) is 5.29. The maximum atomic E-state index is 12.6. The fraction of sp³-hybridized carbons (Fsp3) is 0.0556. The molecule has 2 aromatic carbocycles. The number of hydrogen-bond acceptors (Lipinski definition) is 5. The summed E-state index contributed by atoms with van der Waals surface area (Å²) >= 11 is 4.71. The van der Waals surface area contributed by atoms with Crippen molar-refractivity contribution < 1.29 is 4.74 Å². The Morgan fingerprint density at radius 2 is 1.92 bits per heavy atom. The van der Waals surface area contributed by atoms with E-state index in [1.165, 1.54) is 15.9 Å². The Kier molecular flexibility index (Phi) is 4.10. The molecule has 0 atom stereocenters. The molecule has 25 heavy (non-hydrogen) atoms. The molecular formula is C18H12BrN3O2S. The van der Waals surface area contributed by atoms with Gasteiger partial charge in [0.15, 0.2) is 5.82 Å². The van der Waals surface area contributed by atoms with Gasteiger partial charge in [-0.1, -0.05) is 57.6 Å². The zero-order valence-corrected chi connectivity index (χ0v) is 15.5. The lowest BCUT2D eigenvalue weighted by atomic mass is 10.2. The lowest BCUT2D eigenvalue weighted by molar-refractivity contribution is 0.414. The molecule has 5 nitrogen and oxygen atoms in total. The van der Waals surface area contributed by atoms with Gasteiger partial charge < -0.3 is 4.74 Å². The van der Waals surface area contributed by atoms with Crippen LogP contribution in [-0.4, -0.2) is 21.7 Å². The highest BCUT2D eigenvalue weighted by Gasteiger charge is 2.12. The molecule has 0 bridgehead atoms. The van der Waals surface area contributed by atoms with E-state index in [1.807, 2.05) is 54.6 Å². The predicted molar refractivity (Wildman–Crippen MR) is 102 cm³/mol. The van der Waals surface area contributed by atoms with Gasteiger partial charge in [0.2, 0.25) is 4.96 Å². The second kappa shape index (κ2) is 6.42. The number of methoxy groups -OCH3 is 1. The fourth-order valence-electron chi connectivity index (χ4n) is 2.48. The van der Waals surface area contributed by atoms with Gasteiger partial charge in [-0.2, -0.15) is 9.50 Å². The first-order chi connectivity index (χ1) is 12.2. The molecule has 0 saturated carbocycles. The molecule has 0 spiro atoms. The number of rotatable bonds is 3. The van der Waals surface area contributed by atoms with Gasteiger partial charge >= 0.3 is 0 Å². The molecular weight excluding hydrogens is 402 g/mol. The van der Waals surface area contributed by atoms with Crippen molar-refractivity contribution in [3.05, 3.63) is 73.5 Å². The van der Waals surface area contributed by atoms with Gasteiger partial charge in [-0.15, -0.1) is 5.10 Å². The van der Waals surface area contributed by atoms with E-state index < -0.39 is 0 Å². The van der Waals surface area contributed by atoms with Gasteiger partial charge in [0.25, 0.3) is 5.56 Å². The Balaban J connectivity index is 1.82. The first kappa shape index (κ1) is 16.0. The molecule has 0 aliphatic carbocycles. The Labute approximate surface area is 155 Å². The van der Waals surface area contributed by atoms with Crippen LogP contribution in [0.15, 0.2) is 57.8 Å². The normalized spacial score (nSPS) is 12.0. The molecule has 0 radical (unpaired) electrons. The van der Waals surface area contributed by atoms with Crippen LogP contribution in [0.1, 0.15) is 5.56 Å². The molecule has 2 heterocycles. The van der Waals surface area contributed by atoms with E-state index >= 15 is 0 Å². The molecule has 124 valence electrons. The van der Waals surface area contributed by atoms with Crippen LogP contribution in [0.3, 0.4) is 0 Å². The number of hydrogen-bond donors (Lipinski definition) is 0. The predicted octanol–water partition coefficient (Wildman–Crippen LogP) is 3.14. The average molecular weight is 414 g/mol. The summed E-state index contributed by atoms with van der Waals surface area (Å²) in [6.07, 6.45) is 1.81. The van der Waals surface area contributed by atoms with Gasteiger partial charge in [0.05, 0.1) is 11.6 Å². The maximum absolute atomic E-state index is 12.6. The number of thiazole rings is 1. The van der Waals surface area contributed by atoms with Crippen molar-refractivity contribution in [2.45, 2.75) is 0 Å². The van der Waals surface area contributed by atoms with Crippen LogP contribution in [0.2, 0.25) is 0 Å². The standard InChI is InChI=1S/C18H12BrN3O2S/c1-24-14-5-3-2-4-12(14)10-15-17(23)22-18(25-15)20-16(21-22)11-6-8-13(19)9-7-11/h2-10H,1H3. The van der Waals surface area contributed by atoms with E-state index in [2.05, 4.69) is 26.0 Å². The number of para-hydroxylation sites is 1. The zero-order valence-electron chi connectivity index (χ0n) is 13.1. The molecule has 0 amide bonds. The number of halogens is 1. The maximum Gasteiger partial charge on any atom is 0.291 e. The Morgan fingerprint density at radius 1 is 1.16 bits per heavy atom. The molecule has 0 aliphatic rings. The largest absolute Gasteiger partial charge is 0.496 e. The van der Waals surface area contributed by atoms with Crippen LogP contribution in [-0.2, 0) is 0 Å². The number of aromatic nitrogens is 3. The third-order valence-corrected chi connectivity index (χ3v) is 5.20. The first-order valence-electron chi connectivity index (χ1n) is 7.46. The van der Waals surface area contributed by atoms with Crippen molar-refractivity contribution in [1.82, 2.24) is 14.6 Å². The number of nitrogens with zero attached hydrogens (tertiary/aromatic N) is 3.